The summed E-state index contributed by atoms with van der Waals surface area (Å²) in [4.78, 5) is 4.52. The molecule has 3 nitrogen and oxygen atoms in total. The van der Waals surface area contributed by atoms with Gasteiger partial charge in [-0.2, -0.15) is 0 Å². The molecule has 1 saturated heterocycles. The van der Waals surface area contributed by atoms with E-state index in [1.54, 1.807) is 0 Å². The lowest BCUT2D eigenvalue weighted by Gasteiger charge is -2.32. The van der Waals surface area contributed by atoms with Crippen LogP contribution in [-0.4, -0.2) is 23.3 Å². The third-order valence-corrected chi connectivity index (χ3v) is 4.96. The van der Waals surface area contributed by atoms with Crippen molar-refractivity contribution in [1.29, 1.82) is 0 Å². The van der Waals surface area contributed by atoms with E-state index in [0.29, 0.717) is 0 Å². The monoisotopic (exact) mass is 309 g/mol. The van der Waals surface area contributed by atoms with Gasteiger partial charge >= 0.3 is 7.12 Å². The van der Waals surface area contributed by atoms with Gasteiger partial charge in [-0.25, -0.2) is 0 Å². The molecule has 2 heterocycles. The van der Waals surface area contributed by atoms with Crippen LogP contribution in [-0.2, 0) is 9.31 Å². The molecule has 0 bridgehead atoms. The van der Waals surface area contributed by atoms with E-state index in [2.05, 4.69) is 58.7 Å². The molecular formula is C19H24BNO2. The van der Waals surface area contributed by atoms with Crippen molar-refractivity contribution < 1.29 is 9.31 Å². The van der Waals surface area contributed by atoms with Crippen molar-refractivity contribution in [3.63, 3.8) is 0 Å². The van der Waals surface area contributed by atoms with Crippen molar-refractivity contribution in [2.24, 2.45) is 0 Å². The molecule has 1 aromatic carbocycles. The number of aromatic nitrogens is 1. The van der Waals surface area contributed by atoms with E-state index in [1.165, 1.54) is 11.1 Å². The van der Waals surface area contributed by atoms with Crippen LogP contribution < -0.4 is 5.46 Å². The van der Waals surface area contributed by atoms with Crippen LogP contribution in [0.4, 0.5) is 0 Å². The van der Waals surface area contributed by atoms with Gasteiger partial charge in [0.2, 0.25) is 0 Å². The molecule has 0 N–H and O–H groups in total. The molecule has 1 aliphatic rings. The summed E-state index contributed by atoms with van der Waals surface area (Å²) in [6, 6.07) is 10.3. The van der Waals surface area contributed by atoms with Gasteiger partial charge in [0, 0.05) is 11.8 Å². The Morgan fingerprint density at radius 2 is 1.61 bits per heavy atom. The molecular weight excluding hydrogens is 285 g/mol. The van der Waals surface area contributed by atoms with E-state index in [4.69, 9.17) is 9.31 Å². The van der Waals surface area contributed by atoms with Crippen molar-refractivity contribution >= 4 is 12.6 Å². The molecule has 1 aliphatic heterocycles. The largest absolute Gasteiger partial charge is 0.495 e. The summed E-state index contributed by atoms with van der Waals surface area (Å²) in [5.41, 5.74) is 4.79. The van der Waals surface area contributed by atoms with Gasteiger partial charge in [-0.15, -0.1) is 0 Å². The van der Waals surface area contributed by atoms with Crippen LogP contribution in [0.1, 0.15) is 38.8 Å². The Hall–Kier alpha value is -1.65. The normalized spacial score (nSPS) is 19.1. The summed E-state index contributed by atoms with van der Waals surface area (Å²) in [6.45, 7) is 12.5. The third-order valence-electron chi connectivity index (χ3n) is 4.96. The molecule has 3 rings (SSSR count). The highest BCUT2D eigenvalue weighted by atomic mass is 16.7. The van der Waals surface area contributed by atoms with Crippen LogP contribution in [0.5, 0.6) is 0 Å². The molecule has 0 atom stereocenters. The Balaban J connectivity index is 2.14. The number of hydrogen-bond acceptors (Lipinski definition) is 3. The molecule has 23 heavy (non-hydrogen) atoms. The maximum Gasteiger partial charge on any atom is 0.495 e. The number of benzene rings is 1. The van der Waals surface area contributed by atoms with Crippen molar-refractivity contribution in [3.05, 3.63) is 47.7 Å². The van der Waals surface area contributed by atoms with Crippen LogP contribution in [0, 0.1) is 13.8 Å². The summed E-state index contributed by atoms with van der Waals surface area (Å²) in [6.07, 6.45) is 1.82. The van der Waals surface area contributed by atoms with E-state index in [-0.39, 0.29) is 18.3 Å². The number of pyridine rings is 1. The number of aryl methyl sites for hydroxylation is 2. The second kappa shape index (κ2) is 5.46. The quantitative estimate of drug-likeness (QED) is 0.793. The molecule has 120 valence electrons. The van der Waals surface area contributed by atoms with Crippen LogP contribution in [0.3, 0.4) is 0 Å². The highest BCUT2D eigenvalue weighted by Crippen LogP contribution is 2.37. The standard InChI is InChI=1S/C19H24BNO2/c1-13-11-14(2)17(15(12-13)16-9-7-8-10-21-16)20-22-18(3,4)19(5,6)23-20/h7-12H,1-6H3. The summed E-state index contributed by atoms with van der Waals surface area (Å²) in [5, 5.41) is 0. The summed E-state index contributed by atoms with van der Waals surface area (Å²) in [5.74, 6) is 0. The Bertz CT molecular complexity index is 710. The fraction of sp³-hybridized carbons (Fsp3) is 0.421. The van der Waals surface area contributed by atoms with Gasteiger partial charge in [0.25, 0.3) is 0 Å². The third kappa shape index (κ3) is 2.82. The van der Waals surface area contributed by atoms with Crippen LogP contribution >= 0.6 is 0 Å². The summed E-state index contributed by atoms with van der Waals surface area (Å²) in [7, 11) is -0.377. The zero-order valence-corrected chi connectivity index (χ0v) is 14.8. The van der Waals surface area contributed by atoms with E-state index >= 15 is 0 Å². The molecule has 1 aromatic heterocycles. The van der Waals surface area contributed by atoms with Gasteiger partial charge in [-0.05, 0) is 59.1 Å². The number of nitrogens with zero attached hydrogens (tertiary/aromatic N) is 1. The van der Waals surface area contributed by atoms with Gasteiger partial charge in [-0.3, -0.25) is 4.98 Å². The Morgan fingerprint density at radius 3 is 2.17 bits per heavy atom. The van der Waals surface area contributed by atoms with Crippen molar-refractivity contribution in [2.45, 2.75) is 52.7 Å². The van der Waals surface area contributed by atoms with Crippen molar-refractivity contribution in [2.75, 3.05) is 0 Å². The fourth-order valence-electron chi connectivity index (χ4n) is 2.99. The molecule has 0 unspecified atom stereocenters. The zero-order chi connectivity index (χ0) is 16.8. The molecule has 0 saturated carbocycles. The first-order valence-corrected chi connectivity index (χ1v) is 8.09. The second-order valence-electron chi connectivity index (χ2n) is 7.35. The summed E-state index contributed by atoms with van der Waals surface area (Å²) < 4.78 is 12.6. The highest BCUT2D eigenvalue weighted by Gasteiger charge is 2.52. The first-order chi connectivity index (χ1) is 10.7. The average molecular weight is 309 g/mol. The highest BCUT2D eigenvalue weighted by molar-refractivity contribution is 6.64. The minimum absolute atomic E-state index is 0.351. The minimum atomic E-state index is -0.377. The number of hydrogen-bond donors (Lipinski definition) is 0. The Kier molecular flexibility index (Phi) is 3.85. The lowest BCUT2D eigenvalue weighted by molar-refractivity contribution is 0.00578. The van der Waals surface area contributed by atoms with Gasteiger partial charge in [0.1, 0.15) is 0 Å². The second-order valence-corrected chi connectivity index (χ2v) is 7.35. The van der Waals surface area contributed by atoms with Crippen LogP contribution in [0.2, 0.25) is 0 Å². The first kappa shape index (κ1) is 16.2. The molecule has 0 amide bonds. The van der Waals surface area contributed by atoms with Gasteiger partial charge in [0.15, 0.2) is 0 Å². The van der Waals surface area contributed by atoms with Crippen LogP contribution in [0.25, 0.3) is 11.3 Å². The Labute approximate surface area is 139 Å². The molecule has 0 radical (unpaired) electrons. The smallest absolute Gasteiger partial charge is 0.399 e. The molecule has 1 fully saturated rings. The van der Waals surface area contributed by atoms with Gasteiger partial charge in [-0.1, -0.05) is 29.3 Å². The SMILES string of the molecule is Cc1cc(C)c(B2OC(C)(C)C(C)(C)O2)c(-c2ccccn2)c1. The summed E-state index contributed by atoms with van der Waals surface area (Å²) >= 11 is 0. The maximum atomic E-state index is 6.28. The lowest BCUT2D eigenvalue weighted by Crippen LogP contribution is -2.41. The molecule has 0 aliphatic carbocycles. The fourth-order valence-corrected chi connectivity index (χ4v) is 2.99. The predicted octanol–water partition coefficient (Wildman–Crippen LogP) is 3.66. The molecule has 0 spiro atoms. The van der Waals surface area contributed by atoms with E-state index in [0.717, 1.165) is 16.7 Å². The lowest BCUT2D eigenvalue weighted by atomic mass is 9.72. The minimum Gasteiger partial charge on any atom is -0.399 e. The topological polar surface area (TPSA) is 31.4 Å². The van der Waals surface area contributed by atoms with E-state index in [1.807, 2.05) is 24.4 Å². The van der Waals surface area contributed by atoms with Crippen LogP contribution in [0.15, 0.2) is 36.5 Å². The number of rotatable bonds is 2. The zero-order valence-electron chi connectivity index (χ0n) is 14.8. The average Bonchev–Trinajstić information content (AvgIpc) is 2.67. The van der Waals surface area contributed by atoms with Gasteiger partial charge in [0.05, 0.1) is 16.9 Å². The van der Waals surface area contributed by atoms with Crippen molar-refractivity contribution in [1.82, 2.24) is 4.98 Å². The molecule has 4 heteroatoms. The van der Waals surface area contributed by atoms with Crippen molar-refractivity contribution in [3.8, 4) is 11.3 Å². The van der Waals surface area contributed by atoms with E-state index in [9.17, 15) is 0 Å². The Morgan fingerprint density at radius 1 is 0.957 bits per heavy atom. The molecule has 2 aromatic rings. The predicted molar refractivity (Wildman–Crippen MR) is 94.9 cm³/mol. The first-order valence-electron chi connectivity index (χ1n) is 8.09. The van der Waals surface area contributed by atoms with Gasteiger partial charge < -0.3 is 9.31 Å². The van der Waals surface area contributed by atoms with E-state index < -0.39 is 0 Å². The maximum absolute atomic E-state index is 6.28.